The molecule has 0 unspecified atom stereocenters. The van der Waals surface area contributed by atoms with Crippen molar-refractivity contribution in [2.45, 2.75) is 11.4 Å². The number of hydrogen-bond acceptors (Lipinski definition) is 5. The van der Waals surface area contributed by atoms with Crippen molar-refractivity contribution in [3.63, 3.8) is 0 Å². The van der Waals surface area contributed by atoms with E-state index >= 15 is 0 Å². The van der Waals surface area contributed by atoms with Gasteiger partial charge in [0.25, 0.3) is 15.9 Å². The first kappa shape index (κ1) is 18.1. The van der Waals surface area contributed by atoms with E-state index in [1.165, 1.54) is 28.4 Å². The summed E-state index contributed by atoms with van der Waals surface area (Å²) in [5.74, 6) is -0.654. The maximum absolute atomic E-state index is 13.0. The fourth-order valence-electron chi connectivity index (χ4n) is 2.78. The maximum atomic E-state index is 13.0. The summed E-state index contributed by atoms with van der Waals surface area (Å²) in [7, 11) is 0.140. The molecule has 8 heteroatoms. The molecule has 2 N–H and O–H groups in total. The SMILES string of the molecule is CN(C)Cc1ccc(S(=O)(=O)n2ccc3cc(C(=O)NO)ccc32)cc1. The largest absolute Gasteiger partial charge is 0.305 e. The van der Waals surface area contributed by atoms with Crippen LogP contribution in [0.3, 0.4) is 0 Å². The van der Waals surface area contributed by atoms with Gasteiger partial charge in [0.05, 0.1) is 10.4 Å². The van der Waals surface area contributed by atoms with E-state index in [0.717, 1.165) is 12.1 Å². The Morgan fingerprint density at radius 2 is 1.81 bits per heavy atom. The molecule has 0 saturated heterocycles. The third-order valence-electron chi connectivity index (χ3n) is 4.00. The van der Waals surface area contributed by atoms with Gasteiger partial charge in [-0.1, -0.05) is 12.1 Å². The molecule has 26 heavy (non-hydrogen) atoms. The highest BCUT2D eigenvalue weighted by molar-refractivity contribution is 7.90. The van der Waals surface area contributed by atoms with Crippen LogP contribution in [0.2, 0.25) is 0 Å². The quantitative estimate of drug-likeness (QED) is 0.528. The summed E-state index contributed by atoms with van der Waals surface area (Å²) in [4.78, 5) is 13.7. The second-order valence-corrected chi connectivity index (χ2v) is 8.03. The molecule has 1 amide bonds. The van der Waals surface area contributed by atoms with Crippen LogP contribution >= 0.6 is 0 Å². The van der Waals surface area contributed by atoms with E-state index < -0.39 is 15.9 Å². The van der Waals surface area contributed by atoms with E-state index in [-0.39, 0.29) is 10.5 Å². The van der Waals surface area contributed by atoms with Crippen molar-refractivity contribution in [3.8, 4) is 0 Å². The minimum absolute atomic E-state index is 0.190. The van der Waals surface area contributed by atoms with E-state index in [2.05, 4.69) is 0 Å². The molecule has 0 fully saturated rings. The highest BCUT2D eigenvalue weighted by Crippen LogP contribution is 2.23. The molecule has 2 aromatic carbocycles. The van der Waals surface area contributed by atoms with Gasteiger partial charge in [0, 0.05) is 23.7 Å². The standard InChI is InChI=1S/C18H19N3O4S/c1-20(2)12-13-3-6-16(7-4-13)26(24,25)21-10-9-14-11-15(18(22)19-23)5-8-17(14)21/h3-11,23H,12H2,1-2H3,(H,19,22). The van der Waals surface area contributed by atoms with E-state index in [1.54, 1.807) is 35.8 Å². The lowest BCUT2D eigenvalue weighted by Gasteiger charge is -2.11. The third kappa shape index (κ3) is 3.34. The van der Waals surface area contributed by atoms with Gasteiger partial charge < -0.3 is 4.90 Å². The zero-order chi connectivity index (χ0) is 18.9. The van der Waals surface area contributed by atoms with Gasteiger partial charge in [-0.15, -0.1) is 0 Å². The Morgan fingerprint density at radius 1 is 1.12 bits per heavy atom. The number of fused-ring (bicyclic) bond motifs is 1. The minimum atomic E-state index is -3.75. The number of carbonyl (C=O) groups is 1. The fraction of sp³-hybridized carbons (Fsp3) is 0.167. The van der Waals surface area contributed by atoms with E-state index in [1.807, 2.05) is 19.0 Å². The summed E-state index contributed by atoms with van der Waals surface area (Å²) in [5.41, 5.74) is 3.27. The molecule has 3 rings (SSSR count). The minimum Gasteiger partial charge on any atom is -0.305 e. The van der Waals surface area contributed by atoms with E-state index in [9.17, 15) is 13.2 Å². The van der Waals surface area contributed by atoms with Crippen molar-refractivity contribution in [1.82, 2.24) is 14.4 Å². The molecule has 0 aliphatic rings. The van der Waals surface area contributed by atoms with Gasteiger partial charge in [-0.05, 0) is 56.1 Å². The summed E-state index contributed by atoms with van der Waals surface area (Å²) in [5, 5.41) is 9.30. The number of benzene rings is 2. The van der Waals surface area contributed by atoms with Crippen LogP contribution in [0.1, 0.15) is 15.9 Å². The fourth-order valence-corrected chi connectivity index (χ4v) is 4.13. The molecule has 0 atom stereocenters. The predicted molar refractivity (Wildman–Crippen MR) is 97.6 cm³/mol. The first-order valence-corrected chi connectivity index (χ1v) is 9.32. The molecule has 1 aromatic heterocycles. The van der Waals surface area contributed by atoms with Crippen molar-refractivity contribution in [3.05, 3.63) is 65.9 Å². The van der Waals surface area contributed by atoms with Gasteiger partial charge in [-0.2, -0.15) is 0 Å². The molecule has 0 bridgehead atoms. The highest BCUT2D eigenvalue weighted by atomic mass is 32.2. The number of nitrogens with one attached hydrogen (secondary N) is 1. The Bertz CT molecular complexity index is 1050. The molecule has 0 saturated carbocycles. The van der Waals surface area contributed by atoms with E-state index in [4.69, 9.17) is 5.21 Å². The van der Waals surface area contributed by atoms with Crippen LogP contribution < -0.4 is 5.48 Å². The van der Waals surface area contributed by atoms with Gasteiger partial charge in [0.1, 0.15) is 0 Å². The second kappa shape index (κ2) is 6.91. The molecule has 1 heterocycles. The zero-order valence-electron chi connectivity index (χ0n) is 14.4. The second-order valence-electron chi connectivity index (χ2n) is 6.21. The van der Waals surface area contributed by atoms with Gasteiger partial charge in [0.15, 0.2) is 0 Å². The normalized spacial score (nSPS) is 11.8. The molecule has 3 aromatic rings. The predicted octanol–water partition coefficient (Wildman–Crippen LogP) is 2.06. The van der Waals surface area contributed by atoms with Crippen molar-refractivity contribution < 1.29 is 18.4 Å². The Morgan fingerprint density at radius 3 is 2.42 bits per heavy atom. The van der Waals surface area contributed by atoms with Gasteiger partial charge in [0.2, 0.25) is 0 Å². The number of aromatic nitrogens is 1. The molecule has 0 radical (unpaired) electrons. The Balaban J connectivity index is 2.00. The molecular weight excluding hydrogens is 354 g/mol. The smallest absolute Gasteiger partial charge is 0.274 e. The molecule has 0 aliphatic heterocycles. The van der Waals surface area contributed by atoms with Crippen LogP contribution in [-0.4, -0.2) is 42.5 Å². The van der Waals surface area contributed by atoms with E-state index in [0.29, 0.717) is 10.9 Å². The van der Waals surface area contributed by atoms with Crippen molar-refractivity contribution in [1.29, 1.82) is 0 Å². The third-order valence-corrected chi connectivity index (χ3v) is 5.70. The Kier molecular flexibility index (Phi) is 4.82. The molecule has 0 aliphatic carbocycles. The lowest BCUT2D eigenvalue weighted by Crippen LogP contribution is -2.18. The topological polar surface area (TPSA) is 91.6 Å². The van der Waals surface area contributed by atoms with Crippen molar-refractivity contribution in [2.24, 2.45) is 0 Å². The number of hydrogen-bond donors (Lipinski definition) is 2. The average Bonchev–Trinajstić information content (AvgIpc) is 3.05. The molecule has 0 spiro atoms. The summed E-state index contributed by atoms with van der Waals surface area (Å²) >= 11 is 0. The number of rotatable bonds is 5. The molecule has 7 nitrogen and oxygen atoms in total. The Labute approximate surface area is 151 Å². The summed E-state index contributed by atoms with van der Waals surface area (Å²) in [6.07, 6.45) is 1.45. The van der Waals surface area contributed by atoms with Gasteiger partial charge >= 0.3 is 0 Å². The first-order chi connectivity index (χ1) is 12.3. The van der Waals surface area contributed by atoms with Crippen LogP contribution in [0.5, 0.6) is 0 Å². The lowest BCUT2D eigenvalue weighted by atomic mass is 10.1. The first-order valence-electron chi connectivity index (χ1n) is 7.88. The van der Waals surface area contributed by atoms with Crippen LogP contribution in [0.15, 0.2) is 59.6 Å². The number of hydroxylamine groups is 1. The van der Waals surface area contributed by atoms with Crippen LogP contribution in [0.4, 0.5) is 0 Å². The van der Waals surface area contributed by atoms with Crippen LogP contribution in [-0.2, 0) is 16.6 Å². The highest BCUT2D eigenvalue weighted by Gasteiger charge is 2.19. The number of carbonyl (C=O) groups excluding carboxylic acids is 1. The number of nitrogens with zero attached hydrogens (tertiary/aromatic N) is 2. The summed E-state index contributed by atoms with van der Waals surface area (Å²) in [6, 6.07) is 12.9. The summed E-state index contributed by atoms with van der Waals surface area (Å²) in [6.45, 7) is 0.725. The van der Waals surface area contributed by atoms with Crippen molar-refractivity contribution in [2.75, 3.05) is 14.1 Å². The average molecular weight is 373 g/mol. The zero-order valence-corrected chi connectivity index (χ0v) is 15.2. The summed E-state index contributed by atoms with van der Waals surface area (Å²) < 4.78 is 27.1. The van der Waals surface area contributed by atoms with Gasteiger partial charge in [-0.25, -0.2) is 17.9 Å². The van der Waals surface area contributed by atoms with Gasteiger partial charge in [-0.3, -0.25) is 10.0 Å². The molecular formula is C18H19N3O4S. The van der Waals surface area contributed by atoms with Crippen molar-refractivity contribution >= 4 is 26.8 Å². The van der Waals surface area contributed by atoms with Crippen LogP contribution in [0, 0.1) is 0 Å². The van der Waals surface area contributed by atoms with Crippen LogP contribution in [0.25, 0.3) is 10.9 Å². The maximum Gasteiger partial charge on any atom is 0.274 e. The number of amides is 1. The Hall–Kier alpha value is -2.68. The lowest BCUT2D eigenvalue weighted by molar-refractivity contribution is 0.0706. The molecule has 136 valence electrons. The monoisotopic (exact) mass is 373 g/mol.